The predicted molar refractivity (Wildman–Crippen MR) is 99.0 cm³/mol. The lowest BCUT2D eigenvalue weighted by molar-refractivity contribution is 0.0516. The molecule has 0 heterocycles. The zero-order chi connectivity index (χ0) is 16.2. The van der Waals surface area contributed by atoms with Gasteiger partial charge in [-0.2, -0.15) is 4.36 Å². The van der Waals surface area contributed by atoms with Gasteiger partial charge in [-0.15, -0.1) is 0 Å². The number of hydrogen-bond donors (Lipinski definition) is 0. The van der Waals surface area contributed by atoms with Crippen LogP contribution < -0.4 is 0 Å². The molecule has 0 aromatic heterocycles. The van der Waals surface area contributed by atoms with E-state index in [-0.39, 0.29) is 4.75 Å². The molecule has 0 radical (unpaired) electrons. The lowest BCUT2D eigenvalue weighted by Crippen LogP contribution is -2.62. The average Bonchev–Trinajstić information content (AvgIpc) is 2.53. The third-order valence-corrected chi connectivity index (χ3v) is 8.66. The van der Waals surface area contributed by atoms with Gasteiger partial charge in [0.15, 0.2) is 0 Å². The van der Waals surface area contributed by atoms with Crippen molar-refractivity contribution >= 4 is 26.2 Å². The molecular formula is C21H19NOS. The molecule has 3 saturated carbocycles. The van der Waals surface area contributed by atoms with E-state index < -0.39 is 9.73 Å². The zero-order valence-electron chi connectivity index (χ0n) is 13.4. The van der Waals surface area contributed by atoms with Crippen LogP contribution in [-0.2, 0) is 9.73 Å². The van der Waals surface area contributed by atoms with Crippen LogP contribution in [0.4, 0.5) is 5.69 Å². The second-order valence-electron chi connectivity index (χ2n) is 7.09. The number of rotatable bonds is 3. The van der Waals surface area contributed by atoms with Gasteiger partial charge in [-0.05, 0) is 48.8 Å². The summed E-state index contributed by atoms with van der Waals surface area (Å²) >= 11 is 0. The van der Waals surface area contributed by atoms with Crippen LogP contribution in [-0.4, -0.2) is 8.96 Å². The van der Waals surface area contributed by atoms with E-state index in [4.69, 9.17) is 4.36 Å². The molecule has 1 unspecified atom stereocenters. The van der Waals surface area contributed by atoms with E-state index in [0.717, 1.165) is 46.5 Å². The highest BCUT2D eigenvalue weighted by atomic mass is 32.2. The van der Waals surface area contributed by atoms with Crippen molar-refractivity contribution in [2.24, 2.45) is 10.3 Å². The van der Waals surface area contributed by atoms with Crippen LogP contribution in [0.5, 0.6) is 0 Å². The SMILES string of the molecule is O=S(=Nc1cccc2ccccc12)(c1ccccc1)C12CC(C1)C2. The summed E-state index contributed by atoms with van der Waals surface area (Å²) < 4.78 is 19.0. The summed E-state index contributed by atoms with van der Waals surface area (Å²) in [4.78, 5) is 0.885. The van der Waals surface area contributed by atoms with Crippen LogP contribution in [0.25, 0.3) is 10.8 Å². The molecule has 2 bridgehead atoms. The minimum absolute atomic E-state index is 0.101. The summed E-state index contributed by atoms with van der Waals surface area (Å²) in [5, 5.41) is 2.22. The monoisotopic (exact) mass is 333 g/mol. The highest BCUT2D eigenvalue weighted by Crippen LogP contribution is 2.64. The van der Waals surface area contributed by atoms with Gasteiger partial charge in [0.1, 0.15) is 0 Å². The molecule has 0 N–H and O–H groups in total. The van der Waals surface area contributed by atoms with Crippen molar-refractivity contribution in [3.8, 4) is 0 Å². The molecule has 0 aliphatic heterocycles. The Kier molecular flexibility index (Phi) is 2.93. The van der Waals surface area contributed by atoms with Crippen molar-refractivity contribution in [2.75, 3.05) is 0 Å². The van der Waals surface area contributed by atoms with E-state index in [2.05, 4.69) is 18.2 Å². The molecule has 3 heteroatoms. The number of nitrogens with zero attached hydrogens (tertiary/aromatic N) is 1. The fourth-order valence-electron chi connectivity index (χ4n) is 4.17. The largest absolute Gasteiger partial charge is 0.244 e. The first-order valence-electron chi connectivity index (χ1n) is 8.50. The fourth-order valence-corrected chi connectivity index (χ4v) is 7.31. The number of benzene rings is 3. The Labute approximate surface area is 142 Å². The molecule has 120 valence electrons. The van der Waals surface area contributed by atoms with E-state index in [1.165, 1.54) is 0 Å². The minimum atomic E-state index is -2.46. The second kappa shape index (κ2) is 4.93. The van der Waals surface area contributed by atoms with Crippen molar-refractivity contribution in [2.45, 2.75) is 28.9 Å². The van der Waals surface area contributed by atoms with Gasteiger partial charge in [0.2, 0.25) is 0 Å². The van der Waals surface area contributed by atoms with Gasteiger partial charge in [-0.3, -0.25) is 0 Å². The topological polar surface area (TPSA) is 29.4 Å². The van der Waals surface area contributed by atoms with Crippen LogP contribution in [0.2, 0.25) is 0 Å². The zero-order valence-corrected chi connectivity index (χ0v) is 14.2. The third-order valence-electron chi connectivity index (χ3n) is 5.63. The van der Waals surface area contributed by atoms with E-state index in [1.54, 1.807) is 0 Å². The summed E-state index contributed by atoms with van der Waals surface area (Å²) in [7, 11) is -2.46. The summed E-state index contributed by atoms with van der Waals surface area (Å²) in [6.07, 6.45) is 3.19. The van der Waals surface area contributed by atoms with Crippen molar-refractivity contribution in [1.82, 2.24) is 0 Å². The molecular weight excluding hydrogens is 314 g/mol. The van der Waals surface area contributed by atoms with E-state index >= 15 is 0 Å². The van der Waals surface area contributed by atoms with Gasteiger partial charge in [0, 0.05) is 10.3 Å². The van der Waals surface area contributed by atoms with Crippen molar-refractivity contribution in [1.29, 1.82) is 0 Å². The molecule has 3 fully saturated rings. The van der Waals surface area contributed by atoms with Crippen molar-refractivity contribution < 1.29 is 4.21 Å². The van der Waals surface area contributed by atoms with Crippen LogP contribution >= 0.6 is 0 Å². The third kappa shape index (κ3) is 1.85. The fraction of sp³-hybridized carbons (Fsp3) is 0.238. The standard InChI is InChI=1S/C21H19NOS/c23-24(18-9-2-1-3-10-18,21-13-16(14-21)15-21)22-20-12-6-8-17-7-4-5-11-19(17)20/h1-12,16H,13-15H2. The maximum atomic E-state index is 14.2. The first kappa shape index (κ1) is 14.2. The van der Waals surface area contributed by atoms with E-state index in [0.29, 0.717) is 0 Å². The van der Waals surface area contributed by atoms with Gasteiger partial charge < -0.3 is 0 Å². The van der Waals surface area contributed by atoms with Crippen LogP contribution in [0.1, 0.15) is 19.3 Å². The molecule has 0 saturated heterocycles. The molecule has 3 aromatic rings. The van der Waals surface area contributed by atoms with Gasteiger partial charge >= 0.3 is 0 Å². The molecule has 3 aliphatic rings. The maximum absolute atomic E-state index is 14.2. The Morgan fingerprint density at radius 1 is 0.833 bits per heavy atom. The van der Waals surface area contributed by atoms with Crippen LogP contribution in [0.15, 0.2) is 82.1 Å². The van der Waals surface area contributed by atoms with Gasteiger partial charge in [-0.1, -0.05) is 54.6 Å². The normalized spacial score (nSPS) is 26.9. The van der Waals surface area contributed by atoms with Crippen LogP contribution in [0.3, 0.4) is 0 Å². The molecule has 3 aliphatic carbocycles. The Morgan fingerprint density at radius 2 is 1.50 bits per heavy atom. The predicted octanol–water partition coefficient (Wildman–Crippen LogP) is 5.55. The van der Waals surface area contributed by atoms with Crippen LogP contribution in [0, 0.1) is 5.92 Å². The van der Waals surface area contributed by atoms with Gasteiger partial charge in [-0.25, -0.2) is 4.21 Å². The van der Waals surface area contributed by atoms with E-state index in [9.17, 15) is 4.21 Å². The summed E-state index contributed by atoms with van der Waals surface area (Å²) in [6.45, 7) is 0. The Hall–Kier alpha value is -2.13. The lowest BCUT2D eigenvalue weighted by atomic mass is 9.55. The summed E-state index contributed by atoms with van der Waals surface area (Å²) in [5.41, 5.74) is 0.853. The minimum Gasteiger partial charge on any atom is -0.244 e. The van der Waals surface area contributed by atoms with Crippen molar-refractivity contribution in [3.05, 3.63) is 72.8 Å². The molecule has 24 heavy (non-hydrogen) atoms. The molecule has 1 atom stereocenters. The molecule has 2 nitrogen and oxygen atoms in total. The van der Waals surface area contributed by atoms with Crippen molar-refractivity contribution in [3.63, 3.8) is 0 Å². The first-order chi connectivity index (χ1) is 11.7. The maximum Gasteiger partial charge on any atom is 0.0859 e. The summed E-state index contributed by atoms with van der Waals surface area (Å²) in [5.74, 6) is 0.775. The summed E-state index contributed by atoms with van der Waals surface area (Å²) in [6, 6.07) is 24.2. The quantitative estimate of drug-likeness (QED) is 0.618. The molecule has 0 amide bonds. The molecule has 0 spiro atoms. The smallest absolute Gasteiger partial charge is 0.0859 e. The average molecular weight is 333 g/mol. The highest BCUT2D eigenvalue weighted by molar-refractivity contribution is 7.95. The van der Waals surface area contributed by atoms with Gasteiger partial charge in [0.05, 0.1) is 20.2 Å². The Morgan fingerprint density at radius 3 is 2.21 bits per heavy atom. The highest BCUT2D eigenvalue weighted by Gasteiger charge is 2.63. The lowest BCUT2D eigenvalue weighted by Gasteiger charge is -2.62. The Balaban J connectivity index is 1.78. The number of fused-ring (bicyclic) bond motifs is 1. The molecule has 3 aromatic carbocycles. The first-order valence-corrected chi connectivity index (χ1v) is 10.0. The number of hydrogen-bond acceptors (Lipinski definition) is 2. The second-order valence-corrected chi connectivity index (χ2v) is 9.66. The van der Waals surface area contributed by atoms with Gasteiger partial charge in [0.25, 0.3) is 0 Å². The van der Waals surface area contributed by atoms with E-state index in [1.807, 2.05) is 54.6 Å². The molecule has 6 rings (SSSR count). The Bertz CT molecular complexity index is 1030.